The maximum atomic E-state index is 10.9. The van der Waals surface area contributed by atoms with Gasteiger partial charge < -0.3 is 20.5 Å². The molecule has 0 bridgehead atoms. The molecule has 0 saturated carbocycles. The second-order valence-electron chi connectivity index (χ2n) is 5.28. The van der Waals surface area contributed by atoms with Crippen LogP contribution in [-0.4, -0.2) is 40.2 Å². The fourth-order valence-corrected chi connectivity index (χ4v) is 2.35. The molecule has 22 heavy (non-hydrogen) atoms. The largest absolute Gasteiger partial charge is 0.512 e. The zero-order valence-corrected chi connectivity index (χ0v) is 12.0. The van der Waals surface area contributed by atoms with Crippen molar-refractivity contribution in [1.29, 1.82) is 0 Å². The minimum absolute atomic E-state index is 0.0575. The first kappa shape index (κ1) is 14.2. The Hall–Kier alpha value is -2.76. The molecule has 1 aliphatic carbocycles. The van der Waals surface area contributed by atoms with Gasteiger partial charge in [-0.1, -0.05) is 18.2 Å². The molecule has 2 aliphatic rings. The fraction of sp³-hybridized carbons (Fsp3) is 0.250. The van der Waals surface area contributed by atoms with E-state index >= 15 is 0 Å². The minimum atomic E-state index is -0.427. The zero-order valence-electron chi connectivity index (χ0n) is 12.0. The molecule has 2 heterocycles. The smallest absolute Gasteiger partial charge is 0.315 e. The summed E-state index contributed by atoms with van der Waals surface area (Å²) in [5.41, 5.74) is 7.09. The predicted octanol–water partition coefficient (Wildman–Crippen LogP) is 2.01. The van der Waals surface area contributed by atoms with Gasteiger partial charge in [0.2, 0.25) is 5.88 Å². The molecule has 0 spiro atoms. The quantitative estimate of drug-likeness (QED) is 0.893. The third kappa shape index (κ3) is 3.11. The van der Waals surface area contributed by atoms with Gasteiger partial charge in [0.25, 0.3) is 0 Å². The number of nitrogens with zero attached hydrogens (tertiary/aromatic N) is 2. The van der Waals surface area contributed by atoms with Gasteiger partial charge in [-0.05, 0) is 23.3 Å². The normalized spacial score (nSPS) is 18.1. The maximum Gasteiger partial charge on any atom is 0.315 e. The van der Waals surface area contributed by atoms with Crippen molar-refractivity contribution in [3.8, 4) is 5.88 Å². The van der Waals surface area contributed by atoms with E-state index in [0.29, 0.717) is 31.1 Å². The molecular formula is C16H17N3O3. The third-order valence-electron chi connectivity index (χ3n) is 3.62. The Labute approximate surface area is 128 Å². The van der Waals surface area contributed by atoms with Crippen LogP contribution in [0.2, 0.25) is 0 Å². The number of urea groups is 1. The van der Waals surface area contributed by atoms with Crippen LogP contribution in [0.4, 0.5) is 4.79 Å². The fourth-order valence-electron chi connectivity index (χ4n) is 2.35. The molecule has 1 aliphatic heterocycles. The molecule has 1 aromatic rings. The lowest BCUT2D eigenvalue weighted by Crippen LogP contribution is -2.57. The van der Waals surface area contributed by atoms with E-state index in [4.69, 9.17) is 10.5 Å². The van der Waals surface area contributed by atoms with Crippen molar-refractivity contribution in [3.05, 3.63) is 54.0 Å². The molecule has 0 atom stereocenters. The number of carbonyl (C=O) groups is 1. The van der Waals surface area contributed by atoms with E-state index in [1.54, 1.807) is 24.4 Å². The van der Waals surface area contributed by atoms with Gasteiger partial charge in [-0.3, -0.25) is 0 Å². The second-order valence-corrected chi connectivity index (χ2v) is 5.28. The van der Waals surface area contributed by atoms with Crippen LogP contribution >= 0.6 is 0 Å². The van der Waals surface area contributed by atoms with Gasteiger partial charge in [-0.15, -0.1) is 0 Å². The Balaban J connectivity index is 1.62. The number of carbonyl (C=O) groups excluding carboxylic acids is 1. The molecule has 1 aromatic heterocycles. The van der Waals surface area contributed by atoms with Crippen LogP contribution in [-0.2, 0) is 0 Å². The summed E-state index contributed by atoms with van der Waals surface area (Å²) in [4.78, 5) is 16.7. The van der Waals surface area contributed by atoms with Crippen LogP contribution in [0, 0.1) is 0 Å². The summed E-state index contributed by atoms with van der Waals surface area (Å²) in [7, 11) is 0. The number of aliphatic hydroxyl groups is 1. The number of nitrogens with two attached hydrogens (primary N) is 1. The molecule has 1 fully saturated rings. The summed E-state index contributed by atoms with van der Waals surface area (Å²) < 4.78 is 5.66. The monoisotopic (exact) mass is 299 g/mol. The van der Waals surface area contributed by atoms with Gasteiger partial charge >= 0.3 is 6.03 Å². The summed E-state index contributed by atoms with van der Waals surface area (Å²) >= 11 is 0. The summed E-state index contributed by atoms with van der Waals surface area (Å²) in [6.45, 7) is 0.987. The first-order chi connectivity index (χ1) is 10.6. The number of aromatic nitrogens is 1. The van der Waals surface area contributed by atoms with Crippen LogP contribution in [0.15, 0.2) is 48.4 Å². The van der Waals surface area contributed by atoms with Crippen molar-refractivity contribution in [1.82, 2.24) is 9.88 Å². The van der Waals surface area contributed by atoms with Gasteiger partial charge in [0, 0.05) is 18.7 Å². The average molecular weight is 299 g/mol. The second kappa shape index (κ2) is 5.93. The molecule has 6 heteroatoms. The molecule has 1 saturated heterocycles. The lowest BCUT2D eigenvalue weighted by atomic mass is 10.0. The molecule has 0 unspecified atom stereocenters. The van der Waals surface area contributed by atoms with E-state index in [1.807, 2.05) is 18.2 Å². The Morgan fingerprint density at radius 2 is 2.09 bits per heavy atom. The SMILES string of the molecule is NC(=O)N1CC(Oc2ccc(C3=CC=CC=C(O)C3)cn2)C1. The van der Waals surface area contributed by atoms with Crippen LogP contribution in [0.3, 0.4) is 0 Å². The Morgan fingerprint density at radius 1 is 1.32 bits per heavy atom. The lowest BCUT2D eigenvalue weighted by Gasteiger charge is -2.37. The first-order valence-corrected chi connectivity index (χ1v) is 7.04. The van der Waals surface area contributed by atoms with Crippen molar-refractivity contribution < 1.29 is 14.6 Å². The van der Waals surface area contributed by atoms with Crippen molar-refractivity contribution in [2.75, 3.05) is 13.1 Å². The van der Waals surface area contributed by atoms with E-state index in [9.17, 15) is 9.90 Å². The van der Waals surface area contributed by atoms with Gasteiger partial charge in [0.15, 0.2) is 0 Å². The molecule has 0 radical (unpaired) electrons. The van der Waals surface area contributed by atoms with E-state index < -0.39 is 6.03 Å². The summed E-state index contributed by atoms with van der Waals surface area (Å²) in [6.07, 6.45) is 9.45. The van der Waals surface area contributed by atoms with E-state index in [1.165, 1.54) is 4.90 Å². The number of primary amides is 1. The van der Waals surface area contributed by atoms with Crippen LogP contribution in [0.5, 0.6) is 5.88 Å². The molecule has 2 amide bonds. The average Bonchev–Trinajstić information content (AvgIpc) is 2.67. The van der Waals surface area contributed by atoms with Gasteiger partial charge in [0.05, 0.1) is 18.8 Å². The molecule has 0 aromatic carbocycles. The standard InChI is InChI=1S/C16H17N3O3/c17-16(21)19-9-14(10-19)22-15-6-5-12(8-18-15)11-3-1-2-4-13(20)7-11/h1-6,8,14,20H,7,9-10H2,(H2,17,21). The van der Waals surface area contributed by atoms with Crippen molar-refractivity contribution >= 4 is 11.6 Å². The van der Waals surface area contributed by atoms with Crippen LogP contribution in [0.1, 0.15) is 12.0 Å². The highest BCUT2D eigenvalue weighted by Gasteiger charge is 2.31. The number of likely N-dealkylation sites (tertiary alicyclic amines) is 1. The highest BCUT2D eigenvalue weighted by atomic mass is 16.5. The van der Waals surface area contributed by atoms with Crippen molar-refractivity contribution in [2.45, 2.75) is 12.5 Å². The van der Waals surface area contributed by atoms with Crippen LogP contribution < -0.4 is 10.5 Å². The molecule has 3 rings (SSSR count). The summed E-state index contributed by atoms with van der Waals surface area (Å²) in [5.74, 6) is 0.837. The number of rotatable bonds is 3. The highest BCUT2D eigenvalue weighted by molar-refractivity contribution is 5.73. The number of pyridine rings is 1. The third-order valence-corrected chi connectivity index (χ3v) is 3.62. The number of hydrogen-bond acceptors (Lipinski definition) is 4. The molecule has 114 valence electrons. The molecular weight excluding hydrogens is 282 g/mol. The Morgan fingerprint density at radius 3 is 2.77 bits per heavy atom. The number of amides is 2. The van der Waals surface area contributed by atoms with Gasteiger partial charge in [-0.25, -0.2) is 9.78 Å². The number of ether oxygens (including phenoxy) is 1. The van der Waals surface area contributed by atoms with Crippen molar-refractivity contribution in [3.63, 3.8) is 0 Å². The lowest BCUT2D eigenvalue weighted by molar-refractivity contribution is 0.0445. The topological polar surface area (TPSA) is 88.7 Å². The van der Waals surface area contributed by atoms with Gasteiger partial charge in [-0.2, -0.15) is 0 Å². The van der Waals surface area contributed by atoms with Crippen molar-refractivity contribution in [2.24, 2.45) is 5.73 Å². The minimum Gasteiger partial charge on any atom is -0.512 e. The first-order valence-electron chi connectivity index (χ1n) is 7.04. The van der Waals surface area contributed by atoms with E-state index in [-0.39, 0.29) is 6.10 Å². The summed E-state index contributed by atoms with van der Waals surface area (Å²) in [5, 5.41) is 9.69. The Bertz CT molecular complexity index is 656. The predicted molar refractivity (Wildman–Crippen MR) is 82.3 cm³/mol. The number of allylic oxidation sites excluding steroid dienone is 5. The number of hydrogen-bond donors (Lipinski definition) is 2. The molecule has 6 nitrogen and oxygen atoms in total. The zero-order chi connectivity index (χ0) is 15.5. The molecule has 3 N–H and O–H groups in total. The van der Waals surface area contributed by atoms with Crippen LogP contribution in [0.25, 0.3) is 5.57 Å². The van der Waals surface area contributed by atoms with Gasteiger partial charge in [0.1, 0.15) is 6.10 Å². The summed E-state index contributed by atoms with van der Waals surface area (Å²) in [6, 6.07) is 3.27. The van der Waals surface area contributed by atoms with E-state index in [0.717, 1.165) is 11.1 Å². The number of aliphatic hydroxyl groups excluding tert-OH is 1. The highest BCUT2D eigenvalue weighted by Crippen LogP contribution is 2.24. The van der Waals surface area contributed by atoms with E-state index in [2.05, 4.69) is 4.98 Å². The maximum absolute atomic E-state index is 10.9. The Kier molecular flexibility index (Phi) is 3.82.